The van der Waals surface area contributed by atoms with E-state index in [0.29, 0.717) is 6.42 Å². The van der Waals surface area contributed by atoms with Crippen molar-refractivity contribution >= 4 is 13.6 Å². The zero-order valence-electron chi connectivity index (χ0n) is 30.1. The third kappa shape index (κ3) is 27.2. The Balaban J connectivity index is 3.61. The fourth-order valence-electron chi connectivity index (χ4n) is 5.39. The van der Waals surface area contributed by atoms with Crippen LogP contribution in [0.25, 0.3) is 0 Å². The number of esters is 1. The molecular weight excluding hydrogens is 605 g/mol. The summed E-state index contributed by atoms with van der Waals surface area (Å²) in [5, 5.41) is 28.2. The number of quaternary nitrogens is 1. The van der Waals surface area contributed by atoms with Crippen molar-refractivity contribution in [1.82, 2.24) is 0 Å². The number of aliphatic hydroxyl groups is 3. The van der Waals surface area contributed by atoms with Crippen LogP contribution in [0.4, 0.5) is 0 Å². The Hall–Kier alpha value is -0.800. The van der Waals surface area contributed by atoms with Crippen LogP contribution in [0.1, 0.15) is 162 Å². The minimum atomic E-state index is -4.11. The zero-order valence-corrected chi connectivity index (χ0v) is 31.0. The number of rotatable bonds is 33. The normalized spacial score (nSPS) is 15.0. The highest BCUT2D eigenvalue weighted by atomic mass is 31.2. The lowest BCUT2D eigenvalue weighted by molar-refractivity contribution is -0.901. The molecule has 0 heterocycles. The number of unbranched alkanes of at least 4 members (excludes halogenated alkanes) is 19. The minimum Gasteiger partial charge on any atom is -0.463 e. The van der Waals surface area contributed by atoms with E-state index in [2.05, 4.69) is 19.1 Å². The highest BCUT2D eigenvalue weighted by molar-refractivity contribution is 7.53. The first-order valence-corrected chi connectivity index (χ1v) is 20.2. The highest BCUT2D eigenvalue weighted by Crippen LogP contribution is 2.50. The van der Waals surface area contributed by atoms with E-state index in [1.165, 1.54) is 122 Å². The van der Waals surface area contributed by atoms with Gasteiger partial charge in [-0.15, -0.1) is 0 Å². The average molecular weight is 679 g/mol. The smallest absolute Gasteiger partial charge is 0.384 e. The topological polar surface area (TPSA) is 134 Å². The van der Waals surface area contributed by atoms with Crippen molar-refractivity contribution in [2.45, 2.75) is 180 Å². The summed E-state index contributed by atoms with van der Waals surface area (Å²) in [6, 6.07) is 0. The van der Waals surface area contributed by atoms with Gasteiger partial charge in [0.15, 0.2) is 12.1 Å². The molecule has 274 valence electrons. The number of carbonyl (C=O) groups is 1. The number of allylic oxidation sites excluding steroid dienone is 2. The fourth-order valence-corrected chi connectivity index (χ4v) is 6.90. The first-order chi connectivity index (χ1) is 21.9. The molecule has 0 aromatic rings. The monoisotopic (exact) mass is 679 g/mol. The molecule has 0 saturated carbocycles. The van der Waals surface area contributed by atoms with E-state index in [1.54, 1.807) is 14.1 Å². The van der Waals surface area contributed by atoms with E-state index in [-0.39, 0.29) is 30.0 Å². The molecule has 0 spiro atoms. The van der Waals surface area contributed by atoms with Gasteiger partial charge in [0.05, 0.1) is 27.2 Å². The van der Waals surface area contributed by atoms with Crippen molar-refractivity contribution in [3.63, 3.8) is 0 Å². The molecule has 0 rings (SSSR count). The molecule has 0 aromatic heterocycles. The highest BCUT2D eigenvalue weighted by Gasteiger charge is 2.41. The number of hydrogen-bond donors (Lipinski definition) is 4. The second-order valence-corrected chi connectivity index (χ2v) is 15.9. The van der Waals surface area contributed by atoms with Crippen LogP contribution in [0, 0.1) is 0 Å². The van der Waals surface area contributed by atoms with Crippen molar-refractivity contribution in [1.29, 1.82) is 0 Å². The number of ether oxygens (including phenoxy) is 1. The number of hydrogen-bond acceptors (Lipinski definition) is 7. The van der Waals surface area contributed by atoms with Gasteiger partial charge in [-0.3, -0.25) is 9.36 Å². The van der Waals surface area contributed by atoms with Gasteiger partial charge in [0.25, 0.3) is 0 Å². The Labute approximate surface area is 282 Å². The number of carbonyl (C=O) groups excluding carboxylic acids is 1. The first-order valence-electron chi connectivity index (χ1n) is 18.6. The lowest BCUT2D eigenvalue weighted by Gasteiger charge is -2.37. The van der Waals surface area contributed by atoms with Gasteiger partial charge in [0, 0.05) is 12.8 Å². The van der Waals surface area contributed by atoms with Gasteiger partial charge >= 0.3 is 13.6 Å². The van der Waals surface area contributed by atoms with Crippen molar-refractivity contribution in [3.8, 4) is 0 Å². The van der Waals surface area contributed by atoms with E-state index in [0.717, 1.165) is 19.3 Å². The Morgan fingerprint density at radius 3 is 1.61 bits per heavy atom. The van der Waals surface area contributed by atoms with E-state index in [1.807, 2.05) is 0 Å². The molecule has 0 aromatic carbocycles. The maximum atomic E-state index is 12.6. The molecule has 46 heavy (non-hydrogen) atoms. The molecule has 0 fully saturated rings. The maximum Gasteiger partial charge on any atom is 0.384 e. The maximum absolute atomic E-state index is 12.6. The summed E-state index contributed by atoms with van der Waals surface area (Å²) in [4.78, 5) is 22.3. The summed E-state index contributed by atoms with van der Waals surface area (Å²) in [5.41, 5.74) is 0. The van der Waals surface area contributed by atoms with Crippen LogP contribution < -0.4 is 0 Å². The van der Waals surface area contributed by atoms with Crippen molar-refractivity contribution in [2.24, 2.45) is 0 Å². The van der Waals surface area contributed by atoms with Crippen molar-refractivity contribution in [3.05, 3.63) is 12.2 Å². The van der Waals surface area contributed by atoms with E-state index in [4.69, 9.17) is 19.5 Å². The molecular formula is C36H73NO8P+. The molecule has 0 aliphatic carbocycles. The second kappa shape index (κ2) is 29.1. The summed E-state index contributed by atoms with van der Waals surface area (Å²) in [6.07, 6.45) is 29.1. The predicted octanol–water partition coefficient (Wildman–Crippen LogP) is 8.37. The van der Waals surface area contributed by atoms with Gasteiger partial charge in [-0.25, -0.2) is 0 Å². The van der Waals surface area contributed by atoms with E-state index < -0.39 is 32.4 Å². The summed E-state index contributed by atoms with van der Waals surface area (Å²) < 4.78 is 22.9. The van der Waals surface area contributed by atoms with Crippen molar-refractivity contribution in [2.75, 3.05) is 33.9 Å². The largest absolute Gasteiger partial charge is 0.463 e. The van der Waals surface area contributed by atoms with Crippen LogP contribution in [-0.4, -0.2) is 82.7 Å². The zero-order chi connectivity index (χ0) is 34.5. The predicted molar refractivity (Wildman–Crippen MR) is 188 cm³/mol. The van der Waals surface area contributed by atoms with Gasteiger partial charge in [-0.05, 0) is 39.0 Å². The van der Waals surface area contributed by atoms with Gasteiger partial charge in [-0.1, -0.05) is 122 Å². The summed E-state index contributed by atoms with van der Waals surface area (Å²) in [6.45, 7) is 3.33. The van der Waals surface area contributed by atoms with Crippen LogP contribution in [0.15, 0.2) is 12.2 Å². The molecule has 0 radical (unpaired) electrons. The number of nitrogens with zero attached hydrogens (tertiary/aromatic N) is 1. The second-order valence-electron chi connectivity index (χ2n) is 13.8. The van der Waals surface area contributed by atoms with E-state index >= 15 is 0 Å². The standard InChI is InChI=1S/C36H72NO8P/c1-5-6-7-8-9-10-11-12-13-14-15-16-17-18-19-20-21-22-23-24-25-26-27-28-36(41)44-31-34(38)32-45-46(42,43)33(2)37(3,4)30-29-35(39)40/h13-14,33-35,38-40H,5-12,15-32H2,1-4H3/p+1/b14-13-/t33?,34-/m1/s1. The minimum absolute atomic E-state index is 0.0361. The molecule has 3 atom stereocenters. The van der Waals surface area contributed by atoms with Crippen LogP contribution in [0.5, 0.6) is 0 Å². The van der Waals surface area contributed by atoms with E-state index in [9.17, 15) is 19.4 Å². The third-order valence-electron chi connectivity index (χ3n) is 8.98. The molecule has 0 amide bonds. The summed E-state index contributed by atoms with van der Waals surface area (Å²) in [7, 11) is -0.727. The van der Waals surface area contributed by atoms with Gasteiger partial charge in [0.2, 0.25) is 0 Å². The Morgan fingerprint density at radius 2 is 1.15 bits per heavy atom. The van der Waals surface area contributed by atoms with Gasteiger partial charge in [-0.2, -0.15) is 0 Å². The molecule has 2 unspecified atom stereocenters. The molecule has 0 aliphatic heterocycles. The Bertz CT molecular complexity index is 792. The Morgan fingerprint density at radius 1 is 0.717 bits per heavy atom. The van der Waals surface area contributed by atoms with Crippen LogP contribution in [0.3, 0.4) is 0 Å². The third-order valence-corrected chi connectivity index (χ3v) is 11.1. The quantitative estimate of drug-likeness (QED) is 0.0136. The SMILES string of the molecule is CCCCCCCCC/C=C\CCCCCCCCCCCCCCC(=O)OC[C@@H](O)COP(=O)(O)C(C)[N+](C)(C)CCC(O)O. The van der Waals surface area contributed by atoms with Crippen LogP contribution in [0.2, 0.25) is 0 Å². The fraction of sp³-hybridized carbons (Fsp3) is 0.917. The van der Waals surface area contributed by atoms with Gasteiger partial charge < -0.3 is 34.0 Å². The molecule has 10 heteroatoms. The lowest BCUT2D eigenvalue weighted by Crippen LogP contribution is -2.48. The number of aliphatic hydroxyl groups excluding tert-OH is 2. The van der Waals surface area contributed by atoms with Crippen LogP contribution >= 0.6 is 7.60 Å². The molecule has 0 saturated heterocycles. The average Bonchev–Trinajstić information content (AvgIpc) is 3.01. The molecule has 9 nitrogen and oxygen atoms in total. The summed E-state index contributed by atoms with van der Waals surface area (Å²) >= 11 is 0. The van der Waals surface area contributed by atoms with Crippen molar-refractivity contribution < 1.29 is 43.3 Å². The molecule has 0 aliphatic rings. The van der Waals surface area contributed by atoms with Crippen LogP contribution in [-0.2, 0) is 18.6 Å². The van der Waals surface area contributed by atoms with Gasteiger partial charge in [0.1, 0.15) is 12.7 Å². The molecule has 0 bridgehead atoms. The first kappa shape index (κ1) is 45.2. The lowest BCUT2D eigenvalue weighted by atomic mass is 10.0. The molecule has 4 N–H and O–H groups in total. The Kier molecular flexibility index (Phi) is 28.6. The summed E-state index contributed by atoms with van der Waals surface area (Å²) in [5.74, 6) is -1.24.